The lowest BCUT2D eigenvalue weighted by Crippen LogP contribution is -2.31. The Morgan fingerprint density at radius 3 is 2.67 bits per heavy atom. The number of aryl methyl sites for hydroxylation is 1. The van der Waals surface area contributed by atoms with E-state index in [1.165, 1.54) is 12.1 Å². The zero-order chi connectivity index (χ0) is 15.4. The molecule has 2 unspecified atom stereocenters. The van der Waals surface area contributed by atoms with Crippen LogP contribution < -0.4 is 10.5 Å². The SMILES string of the molecule is CCC(N)C(Oc1cc(F)ccc1C)c1cccc(Br)c1. The van der Waals surface area contributed by atoms with Crippen molar-refractivity contribution in [3.05, 3.63) is 63.9 Å². The fourth-order valence-corrected chi connectivity index (χ4v) is 2.55. The molecule has 2 aromatic rings. The summed E-state index contributed by atoms with van der Waals surface area (Å²) < 4.78 is 20.4. The summed E-state index contributed by atoms with van der Waals surface area (Å²) >= 11 is 3.46. The molecule has 112 valence electrons. The quantitative estimate of drug-likeness (QED) is 0.843. The summed E-state index contributed by atoms with van der Waals surface area (Å²) in [6.45, 7) is 3.90. The molecular weight excluding hydrogens is 333 g/mol. The predicted molar refractivity (Wildman–Crippen MR) is 86.9 cm³/mol. The molecule has 2 nitrogen and oxygen atoms in total. The van der Waals surface area contributed by atoms with Gasteiger partial charge in [-0.25, -0.2) is 4.39 Å². The molecule has 2 N–H and O–H groups in total. The normalized spacial score (nSPS) is 13.8. The summed E-state index contributed by atoms with van der Waals surface area (Å²) in [7, 11) is 0. The lowest BCUT2D eigenvalue weighted by Gasteiger charge is -2.25. The van der Waals surface area contributed by atoms with Gasteiger partial charge >= 0.3 is 0 Å². The van der Waals surface area contributed by atoms with E-state index in [0.717, 1.165) is 22.0 Å². The maximum absolute atomic E-state index is 13.4. The Morgan fingerprint density at radius 2 is 2.00 bits per heavy atom. The van der Waals surface area contributed by atoms with Crippen molar-refractivity contribution in [2.45, 2.75) is 32.4 Å². The van der Waals surface area contributed by atoms with E-state index in [4.69, 9.17) is 10.5 Å². The molecule has 2 aromatic carbocycles. The molecular formula is C17H19BrFNO. The molecule has 0 spiro atoms. The first-order chi connectivity index (χ1) is 10.0. The summed E-state index contributed by atoms with van der Waals surface area (Å²) in [5.74, 6) is 0.220. The van der Waals surface area contributed by atoms with Crippen molar-refractivity contribution < 1.29 is 9.13 Å². The number of nitrogens with two attached hydrogens (primary N) is 1. The van der Waals surface area contributed by atoms with Crippen molar-refractivity contribution in [1.29, 1.82) is 0 Å². The van der Waals surface area contributed by atoms with E-state index < -0.39 is 0 Å². The minimum Gasteiger partial charge on any atom is -0.484 e. The Labute approximate surface area is 133 Å². The maximum atomic E-state index is 13.4. The summed E-state index contributed by atoms with van der Waals surface area (Å²) in [5.41, 5.74) is 8.06. The molecule has 0 saturated heterocycles. The Morgan fingerprint density at radius 1 is 1.24 bits per heavy atom. The zero-order valence-corrected chi connectivity index (χ0v) is 13.7. The van der Waals surface area contributed by atoms with Crippen molar-refractivity contribution >= 4 is 15.9 Å². The van der Waals surface area contributed by atoms with Gasteiger partial charge in [0.15, 0.2) is 0 Å². The molecule has 0 fully saturated rings. The van der Waals surface area contributed by atoms with E-state index >= 15 is 0 Å². The van der Waals surface area contributed by atoms with Crippen LogP contribution in [0, 0.1) is 12.7 Å². The summed E-state index contributed by atoms with van der Waals surface area (Å²) in [6.07, 6.45) is 0.457. The molecule has 0 radical (unpaired) electrons. The van der Waals surface area contributed by atoms with E-state index in [-0.39, 0.29) is 18.0 Å². The molecule has 0 aliphatic rings. The second kappa shape index (κ2) is 7.05. The van der Waals surface area contributed by atoms with Gasteiger partial charge in [-0.15, -0.1) is 0 Å². The van der Waals surface area contributed by atoms with Crippen LogP contribution in [0.4, 0.5) is 4.39 Å². The Hall–Kier alpha value is -1.39. The number of rotatable bonds is 5. The molecule has 4 heteroatoms. The minimum absolute atomic E-state index is 0.165. The van der Waals surface area contributed by atoms with E-state index in [0.29, 0.717) is 5.75 Å². The van der Waals surface area contributed by atoms with Crippen molar-refractivity contribution in [2.24, 2.45) is 5.73 Å². The highest BCUT2D eigenvalue weighted by Gasteiger charge is 2.21. The third kappa shape index (κ3) is 4.05. The standard InChI is InChI=1S/C17H19BrFNO/c1-3-15(20)17(12-5-4-6-13(18)9-12)21-16-10-14(19)8-7-11(16)2/h4-10,15,17H,3,20H2,1-2H3. The lowest BCUT2D eigenvalue weighted by atomic mass is 10.0. The van der Waals surface area contributed by atoms with E-state index in [1.54, 1.807) is 6.07 Å². The van der Waals surface area contributed by atoms with E-state index in [1.807, 2.05) is 38.1 Å². The molecule has 2 atom stereocenters. The molecule has 0 bridgehead atoms. The molecule has 0 aromatic heterocycles. The zero-order valence-electron chi connectivity index (χ0n) is 12.1. The smallest absolute Gasteiger partial charge is 0.139 e. The second-order valence-corrected chi connectivity index (χ2v) is 5.99. The molecule has 0 aliphatic heterocycles. The molecule has 2 rings (SSSR count). The van der Waals surface area contributed by atoms with Crippen molar-refractivity contribution in [2.75, 3.05) is 0 Å². The van der Waals surface area contributed by atoms with Crippen LogP contribution in [0.25, 0.3) is 0 Å². The third-order valence-electron chi connectivity index (χ3n) is 3.44. The van der Waals surface area contributed by atoms with E-state index in [9.17, 15) is 4.39 Å². The summed E-state index contributed by atoms with van der Waals surface area (Å²) in [6, 6.07) is 12.2. The van der Waals surface area contributed by atoms with Crippen molar-refractivity contribution in [1.82, 2.24) is 0 Å². The van der Waals surface area contributed by atoms with Crippen LogP contribution in [-0.2, 0) is 0 Å². The topological polar surface area (TPSA) is 35.2 Å². The fourth-order valence-electron chi connectivity index (χ4n) is 2.14. The number of ether oxygens (including phenoxy) is 1. The Bertz CT molecular complexity index is 617. The van der Waals surface area contributed by atoms with Crippen LogP contribution in [-0.4, -0.2) is 6.04 Å². The van der Waals surface area contributed by atoms with Crippen LogP contribution in [0.3, 0.4) is 0 Å². The molecule has 0 amide bonds. The fraction of sp³-hybridized carbons (Fsp3) is 0.294. The summed E-state index contributed by atoms with van der Waals surface area (Å²) in [5, 5.41) is 0. The second-order valence-electron chi connectivity index (χ2n) is 5.08. The van der Waals surface area contributed by atoms with Crippen LogP contribution >= 0.6 is 15.9 Å². The molecule has 21 heavy (non-hydrogen) atoms. The number of benzene rings is 2. The third-order valence-corrected chi connectivity index (χ3v) is 3.93. The number of halogens is 2. The lowest BCUT2D eigenvalue weighted by molar-refractivity contribution is 0.169. The van der Waals surface area contributed by atoms with Crippen LogP contribution in [0.15, 0.2) is 46.9 Å². The highest BCUT2D eigenvalue weighted by atomic mass is 79.9. The molecule has 0 saturated carbocycles. The average Bonchev–Trinajstić information content (AvgIpc) is 2.47. The van der Waals surface area contributed by atoms with Crippen LogP contribution in [0.1, 0.15) is 30.6 Å². The highest BCUT2D eigenvalue weighted by molar-refractivity contribution is 9.10. The van der Waals surface area contributed by atoms with Gasteiger partial charge < -0.3 is 10.5 Å². The van der Waals surface area contributed by atoms with Gasteiger partial charge in [-0.1, -0.05) is 41.1 Å². The largest absolute Gasteiger partial charge is 0.484 e. The van der Waals surface area contributed by atoms with Crippen molar-refractivity contribution in [3.63, 3.8) is 0 Å². The maximum Gasteiger partial charge on any atom is 0.139 e. The van der Waals surface area contributed by atoms with Crippen LogP contribution in [0.5, 0.6) is 5.75 Å². The summed E-state index contributed by atoms with van der Waals surface area (Å²) in [4.78, 5) is 0. The highest BCUT2D eigenvalue weighted by Crippen LogP contribution is 2.29. The van der Waals surface area contributed by atoms with Gasteiger partial charge in [-0.3, -0.25) is 0 Å². The van der Waals surface area contributed by atoms with E-state index in [2.05, 4.69) is 15.9 Å². The van der Waals surface area contributed by atoms with Gasteiger partial charge in [0.1, 0.15) is 17.7 Å². The van der Waals surface area contributed by atoms with Gasteiger partial charge in [0.05, 0.1) is 0 Å². The monoisotopic (exact) mass is 351 g/mol. The van der Waals surface area contributed by atoms with Crippen molar-refractivity contribution in [3.8, 4) is 5.75 Å². The molecule has 0 aliphatic carbocycles. The van der Waals surface area contributed by atoms with Crippen LogP contribution in [0.2, 0.25) is 0 Å². The predicted octanol–water partition coefficient (Wildman–Crippen LogP) is 4.75. The van der Waals surface area contributed by atoms with Gasteiger partial charge in [0, 0.05) is 16.6 Å². The first-order valence-corrected chi connectivity index (χ1v) is 7.74. The number of hydrogen-bond acceptors (Lipinski definition) is 2. The Kier molecular flexibility index (Phi) is 5.37. The molecule has 0 heterocycles. The first kappa shape index (κ1) is 16.0. The Balaban J connectivity index is 2.35. The van der Waals surface area contributed by atoms with Gasteiger partial charge in [-0.05, 0) is 42.7 Å². The average molecular weight is 352 g/mol. The first-order valence-electron chi connectivity index (χ1n) is 6.95. The minimum atomic E-state index is -0.312. The number of hydrogen-bond donors (Lipinski definition) is 1. The van der Waals surface area contributed by atoms with Gasteiger partial charge in [0.25, 0.3) is 0 Å². The van der Waals surface area contributed by atoms with Gasteiger partial charge in [-0.2, -0.15) is 0 Å². The van der Waals surface area contributed by atoms with Gasteiger partial charge in [0.2, 0.25) is 0 Å².